The number of carbonyl (C=O) groups is 1. The minimum Gasteiger partial charge on any atom is -0.497 e. The predicted molar refractivity (Wildman–Crippen MR) is 87.5 cm³/mol. The van der Waals surface area contributed by atoms with Crippen LogP contribution < -0.4 is 9.47 Å². The second-order valence-corrected chi connectivity index (χ2v) is 8.14. The van der Waals surface area contributed by atoms with E-state index in [2.05, 4.69) is 0 Å². The molecule has 0 aliphatic carbocycles. The largest absolute Gasteiger partial charge is 0.497 e. The predicted octanol–water partition coefficient (Wildman–Crippen LogP) is 1.80. The van der Waals surface area contributed by atoms with E-state index in [9.17, 15) is 13.2 Å². The van der Waals surface area contributed by atoms with Crippen molar-refractivity contribution in [1.82, 2.24) is 4.90 Å². The van der Waals surface area contributed by atoms with E-state index in [1.807, 2.05) is 6.07 Å². The highest BCUT2D eigenvalue weighted by atomic mass is 32.2. The molecule has 1 saturated heterocycles. The summed E-state index contributed by atoms with van der Waals surface area (Å²) in [5.41, 5.74) is 0.846. The summed E-state index contributed by atoms with van der Waals surface area (Å²) < 4.78 is 34.1. The summed E-state index contributed by atoms with van der Waals surface area (Å²) in [6.45, 7) is 1.99. The van der Waals surface area contributed by atoms with Gasteiger partial charge in [0.1, 0.15) is 16.7 Å². The number of sulfone groups is 1. The molecule has 2 unspecified atom stereocenters. The first kappa shape index (κ1) is 17.6. The fourth-order valence-electron chi connectivity index (χ4n) is 2.87. The Bertz CT molecular complexity index is 686. The second-order valence-electron chi connectivity index (χ2n) is 5.77. The number of ether oxygens (including phenoxy) is 2. The zero-order chi connectivity index (χ0) is 17.2. The summed E-state index contributed by atoms with van der Waals surface area (Å²) in [6, 6.07) is 5.24. The van der Waals surface area contributed by atoms with E-state index in [-0.39, 0.29) is 11.9 Å². The Morgan fingerprint density at radius 3 is 2.57 bits per heavy atom. The van der Waals surface area contributed by atoms with Crippen molar-refractivity contribution >= 4 is 15.7 Å². The van der Waals surface area contributed by atoms with E-state index in [0.29, 0.717) is 18.0 Å². The molecule has 0 bridgehead atoms. The number of amides is 1. The van der Waals surface area contributed by atoms with Crippen LogP contribution in [0, 0.1) is 0 Å². The number of hydrogen-bond acceptors (Lipinski definition) is 5. The number of nitrogens with zero attached hydrogens (tertiary/aromatic N) is 1. The topological polar surface area (TPSA) is 72.9 Å². The van der Waals surface area contributed by atoms with Crippen LogP contribution in [-0.4, -0.2) is 51.5 Å². The fraction of sp³-hybridized carbons (Fsp3) is 0.562. The van der Waals surface area contributed by atoms with Crippen LogP contribution in [0.25, 0.3) is 0 Å². The summed E-state index contributed by atoms with van der Waals surface area (Å²) in [7, 11) is -0.268. The molecule has 0 N–H and O–H groups in total. The Kier molecular flexibility index (Phi) is 5.19. The van der Waals surface area contributed by atoms with Gasteiger partial charge in [-0.05, 0) is 38.0 Å². The van der Waals surface area contributed by atoms with Crippen LogP contribution in [0.15, 0.2) is 18.2 Å². The average molecular weight is 341 g/mol. The number of benzene rings is 1. The third kappa shape index (κ3) is 3.60. The molecule has 23 heavy (non-hydrogen) atoms. The molecule has 2 rings (SSSR count). The molecule has 6 nitrogen and oxygen atoms in total. The van der Waals surface area contributed by atoms with Gasteiger partial charge in [0.25, 0.3) is 0 Å². The lowest BCUT2D eigenvalue weighted by Crippen LogP contribution is -2.40. The average Bonchev–Trinajstić information content (AvgIpc) is 3.01. The molecule has 7 heteroatoms. The summed E-state index contributed by atoms with van der Waals surface area (Å²) in [5, 5.41) is -1.04. The first-order valence-electron chi connectivity index (χ1n) is 7.51. The molecule has 1 amide bonds. The zero-order valence-electron chi connectivity index (χ0n) is 13.9. The molecule has 1 aromatic carbocycles. The Morgan fingerprint density at radius 1 is 1.30 bits per heavy atom. The van der Waals surface area contributed by atoms with Gasteiger partial charge in [-0.1, -0.05) is 0 Å². The minimum absolute atomic E-state index is 0.197. The standard InChI is InChI=1S/C16H23NO5S/c1-11(23(4,19)20)16(18)17-9-5-6-14(17)13-10-12(21-2)7-8-15(13)22-3/h7-8,10-11,14H,5-6,9H2,1-4H3. The van der Waals surface area contributed by atoms with E-state index < -0.39 is 15.1 Å². The Morgan fingerprint density at radius 2 is 2.00 bits per heavy atom. The van der Waals surface area contributed by atoms with E-state index in [1.165, 1.54) is 6.92 Å². The normalized spacial score (nSPS) is 19.5. The molecule has 1 fully saturated rings. The molecule has 1 aliphatic heterocycles. The van der Waals surface area contributed by atoms with Gasteiger partial charge in [0, 0.05) is 18.4 Å². The Hall–Kier alpha value is -1.76. The molecule has 1 heterocycles. The van der Waals surface area contributed by atoms with Crippen LogP contribution >= 0.6 is 0 Å². The van der Waals surface area contributed by atoms with E-state index >= 15 is 0 Å². The lowest BCUT2D eigenvalue weighted by Gasteiger charge is -2.28. The maximum absolute atomic E-state index is 12.6. The Labute approximate surface area is 137 Å². The molecular formula is C16H23NO5S. The maximum Gasteiger partial charge on any atom is 0.241 e. The van der Waals surface area contributed by atoms with Gasteiger partial charge >= 0.3 is 0 Å². The monoisotopic (exact) mass is 341 g/mol. The first-order valence-corrected chi connectivity index (χ1v) is 9.46. The van der Waals surface area contributed by atoms with Gasteiger partial charge in [-0.2, -0.15) is 0 Å². The van der Waals surface area contributed by atoms with E-state index in [0.717, 1.165) is 24.7 Å². The highest BCUT2D eigenvalue weighted by Gasteiger charge is 2.37. The van der Waals surface area contributed by atoms with Gasteiger partial charge in [0.05, 0.1) is 20.3 Å². The second kappa shape index (κ2) is 6.78. The molecule has 2 atom stereocenters. The maximum atomic E-state index is 12.6. The van der Waals surface area contributed by atoms with Crippen LogP contribution in [0.1, 0.15) is 31.4 Å². The van der Waals surface area contributed by atoms with Crippen molar-refractivity contribution in [3.05, 3.63) is 23.8 Å². The van der Waals surface area contributed by atoms with Crippen LogP contribution in [0.3, 0.4) is 0 Å². The highest BCUT2D eigenvalue weighted by Crippen LogP contribution is 2.39. The van der Waals surface area contributed by atoms with Crippen LogP contribution in [0.2, 0.25) is 0 Å². The quantitative estimate of drug-likeness (QED) is 0.816. The molecule has 0 aromatic heterocycles. The zero-order valence-corrected chi connectivity index (χ0v) is 14.7. The number of carbonyl (C=O) groups excluding carboxylic acids is 1. The van der Waals surface area contributed by atoms with Gasteiger partial charge < -0.3 is 14.4 Å². The van der Waals surface area contributed by atoms with Crippen molar-refractivity contribution in [1.29, 1.82) is 0 Å². The van der Waals surface area contributed by atoms with E-state index in [4.69, 9.17) is 9.47 Å². The third-order valence-corrected chi connectivity index (χ3v) is 5.81. The van der Waals surface area contributed by atoms with Crippen LogP contribution in [0.4, 0.5) is 0 Å². The molecule has 0 saturated carbocycles. The third-order valence-electron chi connectivity index (χ3n) is 4.32. The molecule has 128 valence electrons. The summed E-state index contributed by atoms with van der Waals surface area (Å²) in [4.78, 5) is 14.2. The molecule has 1 aromatic rings. The number of likely N-dealkylation sites (tertiary alicyclic amines) is 1. The lowest BCUT2D eigenvalue weighted by molar-refractivity contribution is -0.131. The van der Waals surface area contributed by atoms with Gasteiger partial charge in [-0.3, -0.25) is 4.79 Å². The van der Waals surface area contributed by atoms with Crippen molar-refractivity contribution in [2.45, 2.75) is 31.1 Å². The number of hydrogen-bond donors (Lipinski definition) is 0. The van der Waals surface area contributed by atoms with Gasteiger partial charge in [0.2, 0.25) is 5.91 Å². The van der Waals surface area contributed by atoms with Crippen molar-refractivity contribution in [3.63, 3.8) is 0 Å². The molecule has 0 spiro atoms. The summed E-state index contributed by atoms with van der Waals surface area (Å²) in [5.74, 6) is 0.985. The van der Waals surface area contributed by atoms with Gasteiger partial charge in [-0.15, -0.1) is 0 Å². The van der Waals surface area contributed by atoms with Gasteiger partial charge in [0.15, 0.2) is 9.84 Å². The minimum atomic E-state index is -3.42. The number of rotatable bonds is 5. The molecular weight excluding hydrogens is 318 g/mol. The Balaban J connectivity index is 2.37. The summed E-state index contributed by atoms with van der Waals surface area (Å²) in [6.07, 6.45) is 2.69. The fourth-order valence-corrected chi connectivity index (χ4v) is 3.37. The smallest absolute Gasteiger partial charge is 0.241 e. The van der Waals surface area contributed by atoms with E-state index in [1.54, 1.807) is 31.3 Å². The molecule has 1 aliphatic rings. The first-order chi connectivity index (χ1) is 10.8. The van der Waals surface area contributed by atoms with Crippen LogP contribution in [-0.2, 0) is 14.6 Å². The van der Waals surface area contributed by atoms with Crippen molar-refractivity contribution in [2.75, 3.05) is 27.0 Å². The highest BCUT2D eigenvalue weighted by molar-refractivity contribution is 7.92. The van der Waals surface area contributed by atoms with Crippen molar-refractivity contribution < 1.29 is 22.7 Å². The van der Waals surface area contributed by atoms with Gasteiger partial charge in [-0.25, -0.2) is 8.42 Å². The van der Waals surface area contributed by atoms with Crippen LogP contribution in [0.5, 0.6) is 11.5 Å². The van der Waals surface area contributed by atoms with Crippen molar-refractivity contribution in [3.8, 4) is 11.5 Å². The molecule has 0 radical (unpaired) electrons. The summed E-state index contributed by atoms with van der Waals surface area (Å²) >= 11 is 0. The lowest BCUT2D eigenvalue weighted by atomic mass is 10.0. The number of methoxy groups -OCH3 is 2. The van der Waals surface area contributed by atoms with Crippen molar-refractivity contribution in [2.24, 2.45) is 0 Å². The SMILES string of the molecule is COc1ccc(OC)c(C2CCCN2C(=O)C(C)S(C)(=O)=O)c1.